The number of pyridine rings is 1. The van der Waals surface area contributed by atoms with Gasteiger partial charge < -0.3 is 15.3 Å². The van der Waals surface area contributed by atoms with Crippen LogP contribution in [0.5, 0.6) is 5.75 Å². The zero-order valence-electron chi connectivity index (χ0n) is 17.6. The third-order valence-electron chi connectivity index (χ3n) is 4.43. The minimum atomic E-state index is -4.01. The van der Waals surface area contributed by atoms with Gasteiger partial charge in [0.1, 0.15) is 29.7 Å². The third kappa shape index (κ3) is 5.03. The van der Waals surface area contributed by atoms with Crippen molar-refractivity contribution < 1.29 is 27.5 Å². The number of anilines is 1. The Morgan fingerprint density at radius 1 is 1.30 bits per heavy atom. The average Bonchev–Trinajstić information content (AvgIpc) is 2.82. The Labute approximate surface area is 188 Å². The molecular weight excluding hydrogens is 455 g/mol. The number of rotatable bonds is 8. The highest BCUT2D eigenvalue weighted by molar-refractivity contribution is 7.95. The molecule has 1 amide bonds. The topological polar surface area (TPSA) is 147 Å². The van der Waals surface area contributed by atoms with E-state index >= 15 is 0 Å². The molecule has 0 fully saturated rings. The molecular formula is C20H19FN6O5S. The molecule has 0 unspecified atom stereocenters. The van der Waals surface area contributed by atoms with Crippen molar-refractivity contribution in [1.29, 1.82) is 0 Å². The number of oxime groups is 1. The molecule has 2 N–H and O–H groups in total. The number of hydrogen-bond acceptors (Lipinski definition) is 9. The van der Waals surface area contributed by atoms with Gasteiger partial charge in [0, 0.05) is 19.0 Å². The highest BCUT2D eigenvalue weighted by Gasteiger charge is 2.26. The summed E-state index contributed by atoms with van der Waals surface area (Å²) in [5.74, 6) is -2.11. The van der Waals surface area contributed by atoms with Gasteiger partial charge in [-0.3, -0.25) is 9.10 Å². The number of amides is 1. The Hall–Kier alpha value is -4.13. The quantitative estimate of drug-likeness (QED) is 0.370. The summed E-state index contributed by atoms with van der Waals surface area (Å²) in [7, 11) is -1.49. The van der Waals surface area contributed by atoms with E-state index in [1.54, 1.807) is 0 Å². The molecule has 0 atom stereocenters. The Kier molecular flexibility index (Phi) is 6.82. The zero-order valence-corrected chi connectivity index (χ0v) is 18.4. The highest BCUT2D eigenvalue weighted by atomic mass is 32.2. The van der Waals surface area contributed by atoms with Crippen LogP contribution in [0, 0.1) is 5.82 Å². The molecule has 3 aromatic rings. The van der Waals surface area contributed by atoms with Crippen LogP contribution in [-0.2, 0) is 21.4 Å². The molecule has 0 spiro atoms. The van der Waals surface area contributed by atoms with Gasteiger partial charge in [0.05, 0.1) is 12.4 Å². The second-order valence-corrected chi connectivity index (χ2v) is 8.44. The minimum Gasteiger partial charge on any atom is -0.504 e. The molecule has 0 aliphatic rings. The molecule has 1 aromatic carbocycles. The van der Waals surface area contributed by atoms with Crippen LogP contribution in [0.4, 0.5) is 10.2 Å². The second kappa shape index (κ2) is 9.56. The number of nitrogens with zero attached hydrogens (tertiary/aromatic N) is 5. The zero-order chi connectivity index (χ0) is 24.2. The second-order valence-electron chi connectivity index (χ2n) is 6.53. The van der Waals surface area contributed by atoms with E-state index in [4.69, 9.17) is 0 Å². The van der Waals surface area contributed by atoms with Crippen LogP contribution in [0.1, 0.15) is 21.7 Å². The maximum Gasteiger partial charge on any atom is 0.274 e. The molecule has 0 aliphatic carbocycles. The van der Waals surface area contributed by atoms with E-state index < -0.39 is 33.2 Å². The van der Waals surface area contributed by atoms with Crippen LogP contribution in [0.25, 0.3) is 11.0 Å². The van der Waals surface area contributed by atoms with E-state index in [0.717, 1.165) is 4.31 Å². The van der Waals surface area contributed by atoms with Gasteiger partial charge in [-0.05, 0) is 17.7 Å². The van der Waals surface area contributed by atoms with Crippen LogP contribution in [-0.4, -0.2) is 54.8 Å². The van der Waals surface area contributed by atoms with Crippen molar-refractivity contribution in [3.05, 3.63) is 65.2 Å². The average molecular weight is 474 g/mol. The van der Waals surface area contributed by atoms with Crippen LogP contribution in [0.2, 0.25) is 0 Å². The first-order chi connectivity index (χ1) is 15.7. The molecule has 2 aromatic heterocycles. The number of halogens is 1. The van der Waals surface area contributed by atoms with Gasteiger partial charge >= 0.3 is 0 Å². The number of sulfonamides is 1. The van der Waals surface area contributed by atoms with E-state index in [1.165, 1.54) is 50.8 Å². The number of aromatic nitrogens is 3. The van der Waals surface area contributed by atoms with Crippen molar-refractivity contribution in [3.63, 3.8) is 0 Å². The van der Waals surface area contributed by atoms with Gasteiger partial charge in [-0.15, -0.1) is 0 Å². The summed E-state index contributed by atoms with van der Waals surface area (Å²) in [5.41, 5.74) is 0.0159. The van der Waals surface area contributed by atoms with Crippen molar-refractivity contribution in [2.24, 2.45) is 5.16 Å². The summed E-state index contributed by atoms with van der Waals surface area (Å²) in [4.78, 5) is 29.8. The maximum absolute atomic E-state index is 13.1. The van der Waals surface area contributed by atoms with Crippen LogP contribution < -0.4 is 9.62 Å². The Bertz CT molecular complexity index is 1350. The summed E-state index contributed by atoms with van der Waals surface area (Å²) in [5, 5.41) is 17.5. The normalized spacial score (nSPS) is 11.5. The predicted octanol–water partition coefficient (Wildman–Crippen LogP) is 1.69. The number of hydrogen-bond donors (Lipinski definition) is 2. The smallest absolute Gasteiger partial charge is 0.274 e. The number of carbonyl (C=O) groups is 1. The fourth-order valence-corrected chi connectivity index (χ4v) is 3.29. The lowest BCUT2D eigenvalue weighted by Gasteiger charge is -2.19. The first-order valence-corrected chi connectivity index (χ1v) is 10.8. The summed E-state index contributed by atoms with van der Waals surface area (Å²) in [6.07, 6.45) is 2.47. The van der Waals surface area contributed by atoms with Gasteiger partial charge in [0.2, 0.25) is 0 Å². The van der Waals surface area contributed by atoms with Gasteiger partial charge in [-0.25, -0.2) is 27.8 Å². The predicted molar refractivity (Wildman–Crippen MR) is 119 cm³/mol. The molecule has 0 saturated heterocycles. The van der Waals surface area contributed by atoms with Crippen molar-refractivity contribution in [2.75, 3.05) is 18.5 Å². The number of aromatic hydroxyl groups is 1. The number of nitrogens with one attached hydrogen (secondary N) is 1. The standard InChI is InChI=1S/C20H19FN6O5S/c1-4-33(30,31)27(2)19-16-15(25-14(10-22-16)11-24-32-3)18(28)17(26-19)20(29)23-9-12-5-7-13(21)8-6-12/h4-8,10-11,28H,1,9H2,2-3H3,(H,23,29)/b24-11+. The third-order valence-corrected chi connectivity index (χ3v) is 5.79. The van der Waals surface area contributed by atoms with Crippen molar-refractivity contribution >= 4 is 39.0 Å². The van der Waals surface area contributed by atoms with E-state index in [9.17, 15) is 22.7 Å². The lowest BCUT2D eigenvalue weighted by molar-refractivity contribution is 0.0943. The number of fused-ring (bicyclic) bond motifs is 1. The lowest BCUT2D eigenvalue weighted by Crippen LogP contribution is -2.28. The highest BCUT2D eigenvalue weighted by Crippen LogP contribution is 2.32. The van der Waals surface area contributed by atoms with E-state index in [-0.39, 0.29) is 29.1 Å². The Balaban J connectivity index is 2.11. The monoisotopic (exact) mass is 474 g/mol. The molecule has 13 heteroatoms. The first-order valence-electron chi connectivity index (χ1n) is 9.28. The van der Waals surface area contributed by atoms with Gasteiger partial charge in [-0.2, -0.15) is 0 Å². The lowest BCUT2D eigenvalue weighted by atomic mass is 10.2. The molecule has 2 heterocycles. The largest absolute Gasteiger partial charge is 0.504 e. The Morgan fingerprint density at radius 3 is 2.64 bits per heavy atom. The minimum absolute atomic E-state index is 0.000609. The van der Waals surface area contributed by atoms with E-state index in [1.807, 2.05) is 0 Å². The molecule has 0 radical (unpaired) electrons. The molecule has 172 valence electrons. The molecule has 0 bridgehead atoms. The van der Waals surface area contributed by atoms with Gasteiger partial charge in [0.25, 0.3) is 15.9 Å². The van der Waals surface area contributed by atoms with E-state index in [2.05, 4.69) is 36.8 Å². The fraction of sp³-hybridized carbons (Fsp3) is 0.150. The van der Waals surface area contributed by atoms with E-state index in [0.29, 0.717) is 11.0 Å². The van der Waals surface area contributed by atoms with Crippen LogP contribution in [0.3, 0.4) is 0 Å². The molecule has 33 heavy (non-hydrogen) atoms. The summed E-state index contributed by atoms with van der Waals surface area (Å²) >= 11 is 0. The number of benzene rings is 1. The molecule has 11 nitrogen and oxygen atoms in total. The van der Waals surface area contributed by atoms with Gasteiger partial charge in [-0.1, -0.05) is 23.9 Å². The van der Waals surface area contributed by atoms with Crippen molar-refractivity contribution in [2.45, 2.75) is 6.54 Å². The van der Waals surface area contributed by atoms with Crippen LogP contribution >= 0.6 is 0 Å². The van der Waals surface area contributed by atoms with Crippen molar-refractivity contribution in [3.8, 4) is 5.75 Å². The van der Waals surface area contributed by atoms with Crippen molar-refractivity contribution in [1.82, 2.24) is 20.3 Å². The first kappa shape index (κ1) is 23.5. The fourth-order valence-electron chi connectivity index (χ4n) is 2.70. The summed E-state index contributed by atoms with van der Waals surface area (Å²) in [6, 6.07) is 5.43. The number of carbonyl (C=O) groups excluding carboxylic acids is 1. The molecule has 0 aliphatic heterocycles. The maximum atomic E-state index is 13.1. The molecule has 0 saturated carbocycles. The van der Waals surface area contributed by atoms with Gasteiger partial charge in [0.15, 0.2) is 17.3 Å². The Morgan fingerprint density at radius 2 is 2.00 bits per heavy atom. The molecule has 3 rings (SSSR count). The van der Waals surface area contributed by atoms with Crippen LogP contribution in [0.15, 0.2) is 47.6 Å². The SMILES string of the molecule is C=CS(=O)(=O)N(C)c1nc(C(=O)NCc2ccc(F)cc2)c(O)c2nc(/C=N/OC)cnc12. The summed E-state index contributed by atoms with van der Waals surface area (Å²) < 4.78 is 38.5. The summed E-state index contributed by atoms with van der Waals surface area (Å²) in [6.45, 7) is 3.27.